The summed E-state index contributed by atoms with van der Waals surface area (Å²) in [6, 6.07) is 28.9. The van der Waals surface area contributed by atoms with Gasteiger partial charge in [0.1, 0.15) is 12.1 Å². The number of benzene rings is 4. The molecule has 0 spiro atoms. The number of fused-ring (bicyclic) bond motifs is 5. The third-order valence-electron chi connectivity index (χ3n) is 9.14. The summed E-state index contributed by atoms with van der Waals surface area (Å²) < 4.78 is 0. The molecule has 4 fully saturated rings. The molecule has 8 rings (SSSR count). The van der Waals surface area contributed by atoms with Gasteiger partial charge in [-0.3, -0.25) is 19.2 Å². The Labute approximate surface area is 262 Å². The summed E-state index contributed by atoms with van der Waals surface area (Å²) in [6.07, 6.45) is 0. The Hall–Kier alpha value is -4.34. The van der Waals surface area contributed by atoms with Crippen molar-refractivity contribution in [3.8, 4) is 0 Å². The maximum atomic E-state index is 14.4. The molecule has 4 amide bonds. The fourth-order valence-electron chi connectivity index (χ4n) is 7.54. The molecular weight excluding hydrogens is 599 g/mol. The van der Waals surface area contributed by atoms with Crippen molar-refractivity contribution in [2.24, 2.45) is 11.8 Å². The van der Waals surface area contributed by atoms with Crippen molar-refractivity contribution >= 4 is 58.2 Å². The zero-order valence-electron chi connectivity index (χ0n) is 23.0. The topological polar surface area (TPSA) is 81.2 Å². The molecule has 0 saturated carbocycles. The number of anilines is 2. The van der Waals surface area contributed by atoms with E-state index >= 15 is 0 Å². The summed E-state index contributed by atoms with van der Waals surface area (Å²) >= 11 is 12.5. The van der Waals surface area contributed by atoms with Gasteiger partial charge in [0.05, 0.1) is 35.3 Å². The number of rotatable bonds is 4. The first-order valence-corrected chi connectivity index (χ1v) is 15.1. The van der Waals surface area contributed by atoms with Crippen molar-refractivity contribution in [2.75, 3.05) is 9.80 Å². The number of hydrogen-bond donors (Lipinski definition) is 0. The van der Waals surface area contributed by atoms with Gasteiger partial charge in [-0.2, -0.15) is 0 Å². The van der Waals surface area contributed by atoms with Gasteiger partial charge in [0.2, 0.25) is 11.8 Å². The van der Waals surface area contributed by atoms with Crippen molar-refractivity contribution in [3.63, 3.8) is 0 Å². The van der Waals surface area contributed by atoms with Crippen LogP contribution in [0.4, 0.5) is 11.4 Å². The van der Waals surface area contributed by atoms with Crippen LogP contribution in [0.15, 0.2) is 109 Å². The van der Waals surface area contributed by atoms with Crippen LogP contribution < -0.4 is 9.80 Å². The monoisotopic (exact) mass is 622 g/mol. The van der Waals surface area contributed by atoms with Gasteiger partial charge in [0, 0.05) is 10.0 Å². The average molecular weight is 623 g/mol. The minimum absolute atomic E-state index is 0.377. The van der Waals surface area contributed by atoms with E-state index in [1.165, 1.54) is 9.80 Å². The maximum Gasteiger partial charge on any atom is 0.253 e. The maximum absolute atomic E-state index is 14.4. The SMILES string of the molecule is O=C1[C@H]2[C@@H](C(=O)N1c1cccc(Cl)c1)N1[C@@H](c3ccccc3)[C@H]3C(=O)N(c4cccc(Cl)c4)C(=O)[C@@H]3N1[C@@H]2c1ccccc1. The molecule has 4 aliphatic rings. The van der Waals surface area contributed by atoms with Crippen LogP contribution in [-0.2, 0) is 19.2 Å². The highest BCUT2D eigenvalue weighted by Crippen LogP contribution is 2.59. The minimum Gasteiger partial charge on any atom is -0.274 e. The zero-order valence-corrected chi connectivity index (χ0v) is 24.5. The van der Waals surface area contributed by atoms with Crippen LogP contribution >= 0.6 is 23.2 Å². The van der Waals surface area contributed by atoms with Crippen LogP contribution in [0.5, 0.6) is 0 Å². The lowest BCUT2D eigenvalue weighted by Crippen LogP contribution is -2.50. The van der Waals surface area contributed by atoms with Gasteiger partial charge >= 0.3 is 0 Å². The van der Waals surface area contributed by atoms with E-state index < -0.39 is 47.8 Å². The van der Waals surface area contributed by atoms with Crippen LogP contribution in [-0.4, -0.2) is 45.7 Å². The summed E-state index contributed by atoms with van der Waals surface area (Å²) in [4.78, 5) is 59.9. The number of hydrogen-bond acceptors (Lipinski definition) is 6. The molecule has 218 valence electrons. The molecule has 10 heteroatoms. The lowest BCUT2D eigenvalue weighted by atomic mass is 9.84. The van der Waals surface area contributed by atoms with Crippen LogP contribution in [0.3, 0.4) is 0 Å². The molecule has 4 saturated heterocycles. The Morgan fingerprint density at radius 2 is 0.818 bits per heavy atom. The molecule has 0 radical (unpaired) electrons. The average Bonchev–Trinajstić information content (AvgIpc) is 3.69. The predicted octanol–water partition coefficient (Wildman–Crippen LogP) is 5.44. The number of nitrogens with zero attached hydrogens (tertiary/aromatic N) is 4. The number of halogens is 2. The van der Waals surface area contributed by atoms with Crippen LogP contribution in [0, 0.1) is 11.8 Å². The summed E-state index contributed by atoms with van der Waals surface area (Å²) in [7, 11) is 0. The molecule has 44 heavy (non-hydrogen) atoms. The van der Waals surface area contributed by atoms with Gasteiger partial charge < -0.3 is 0 Å². The lowest BCUT2D eigenvalue weighted by molar-refractivity contribution is -0.136. The first-order valence-electron chi connectivity index (χ1n) is 14.3. The van der Waals surface area contributed by atoms with E-state index in [1.807, 2.05) is 70.7 Å². The molecular formula is C34H24Cl2N4O4. The van der Waals surface area contributed by atoms with Crippen molar-refractivity contribution in [2.45, 2.75) is 24.2 Å². The highest BCUT2D eigenvalue weighted by atomic mass is 35.5. The van der Waals surface area contributed by atoms with E-state index in [2.05, 4.69) is 0 Å². The first-order chi connectivity index (χ1) is 21.4. The predicted molar refractivity (Wildman–Crippen MR) is 164 cm³/mol. The second-order valence-electron chi connectivity index (χ2n) is 11.4. The summed E-state index contributed by atoms with van der Waals surface area (Å²) in [5, 5.41) is 4.50. The molecule has 8 nitrogen and oxygen atoms in total. The van der Waals surface area contributed by atoms with Crippen LogP contribution in [0.2, 0.25) is 10.0 Å². The third-order valence-corrected chi connectivity index (χ3v) is 9.61. The largest absolute Gasteiger partial charge is 0.274 e. The van der Waals surface area contributed by atoms with Gasteiger partial charge in [-0.25, -0.2) is 19.8 Å². The highest BCUT2D eigenvalue weighted by Gasteiger charge is 2.73. The Balaban J connectivity index is 1.33. The molecule has 4 aliphatic heterocycles. The van der Waals surface area contributed by atoms with Crippen LogP contribution in [0.25, 0.3) is 0 Å². The second kappa shape index (κ2) is 10.1. The molecule has 4 heterocycles. The summed E-state index contributed by atoms with van der Waals surface area (Å²) in [5.41, 5.74) is 2.31. The Kier molecular flexibility index (Phi) is 6.25. The highest BCUT2D eigenvalue weighted by molar-refractivity contribution is 6.32. The molecule has 4 aromatic carbocycles. The molecule has 4 aromatic rings. The standard InChI is InChI=1S/C34H24Cl2N4O4/c35-21-13-7-15-23(17-21)37-31(41)25-27(19-9-3-1-4-10-19)39-30-26(32(42)38(34(30)44)24-16-8-14-22(36)18-24)28(20-11-5-2-6-12-20)40(39)29(25)33(37)43/h1-18,25-30H/t25-,26-,27-,28+,29+,30-/m1/s1. The van der Waals surface area contributed by atoms with Gasteiger partial charge in [-0.05, 0) is 47.5 Å². The number of hydrazine groups is 1. The molecule has 0 aliphatic carbocycles. The summed E-state index contributed by atoms with van der Waals surface area (Å²) in [5.74, 6) is -3.26. The molecule has 0 aromatic heterocycles. The van der Waals surface area contributed by atoms with Gasteiger partial charge in [-0.1, -0.05) is 96.0 Å². The van der Waals surface area contributed by atoms with Gasteiger partial charge in [0.25, 0.3) is 11.8 Å². The van der Waals surface area contributed by atoms with E-state index in [1.54, 1.807) is 48.5 Å². The Morgan fingerprint density at radius 1 is 0.432 bits per heavy atom. The second-order valence-corrected chi connectivity index (χ2v) is 12.3. The third kappa shape index (κ3) is 3.78. The zero-order chi connectivity index (χ0) is 30.3. The summed E-state index contributed by atoms with van der Waals surface area (Å²) in [6.45, 7) is 0. The van der Waals surface area contributed by atoms with Crippen molar-refractivity contribution in [3.05, 3.63) is 130 Å². The Morgan fingerprint density at radius 3 is 1.18 bits per heavy atom. The molecule has 6 atom stereocenters. The van der Waals surface area contributed by atoms with E-state index in [4.69, 9.17) is 23.2 Å². The van der Waals surface area contributed by atoms with E-state index in [-0.39, 0.29) is 11.8 Å². The van der Waals surface area contributed by atoms with E-state index in [0.29, 0.717) is 21.4 Å². The van der Waals surface area contributed by atoms with E-state index in [0.717, 1.165) is 11.1 Å². The normalized spacial score (nSPS) is 28.1. The number of carbonyl (C=O) groups is 4. The van der Waals surface area contributed by atoms with Crippen molar-refractivity contribution in [1.82, 2.24) is 10.0 Å². The quantitative estimate of drug-likeness (QED) is 0.282. The fourth-order valence-corrected chi connectivity index (χ4v) is 7.91. The molecule has 0 bridgehead atoms. The Bertz CT molecular complexity index is 1720. The van der Waals surface area contributed by atoms with Crippen LogP contribution in [0.1, 0.15) is 23.2 Å². The number of amides is 4. The molecule has 0 unspecified atom stereocenters. The lowest BCUT2D eigenvalue weighted by Gasteiger charge is -2.35. The first kappa shape index (κ1) is 27.2. The molecule has 0 N–H and O–H groups in total. The fraction of sp³-hybridized carbons (Fsp3) is 0.176. The van der Waals surface area contributed by atoms with Crippen molar-refractivity contribution in [1.29, 1.82) is 0 Å². The number of imide groups is 2. The number of carbonyl (C=O) groups excluding carboxylic acids is 4. The van der Waals surface area contributed by atoms with E-state index in [9.17, 15) is 19.2 Å². The van der Waals surface area contributed by atoms with Gasteiger partial charge in [-0.15, -0.1) is 0 Å². The smallest absolute Gasteiger partial charge is 0.253 e. The minimum atomic E-state index is -0.942. The van der Waals surface area contributed by atoms with Gasteiger partial charge in [0.15, 0.2) is 0 Å². The van der Waals surface area contributed by atoms with Crippen molar-refractivity contribution < 1.29 is 19.2 Å².